The largest absolute Gasteiger partial charge is 0.482 e. The number of esters is 1. The molecule has 3 rings (SSSR count). The van der Waals surface area contributed by atoms with Crippen LogP contribution < -0.4 is 16.0 Å². The SMILES string of the molecule is CCOC(=O)Cn1ccc(-c2cnc(N)c(O[C@H](C)c3c(Cl)ccc(F)c3Cl)c2)cc1=O. The van der Waals surface area contributed by atoms with Gasteiger partial charge in [0.1, 0.15) is 18.5 Å². The van der Waals surface area contributed by atoms with Gasteiger partial charge in [-0.25, -0.2) is 9.37 Å². The van der Waals surface area contributed by atoms with Crippen LogP contribution in [0.15, 0.2) is 47.5 Å². The van der Waals surface area contributed by atoms with Crippen molar-refractivity contribution < 1.29 is 18.7 Å². The number of anilines is 1. The Balaban J connectivity index is 1.88. The summed E-state index contributed by atoms with van der Waals surface area (Å²) in [6.45, 7) is 3.38. The molecule has 2 aromatic heterocycles. The molecular formula is C22H20Cl2FN3O4. The lowest BCUT2D eigenvalue weighted by Crippen LogP contribution is -2.24. The number of nitrogens with two attached hydrogens (primary N) is 1. The fraction of sp³-hybridized carbons (Fsp3) is 0.227. The van der Waals surface area contributed by atoms with E-state index in [1.807, 2.05) is 0 Å². The molecule has 0 aliphatic carbocycles. The minimum Gasteiger partial charge on any atom is -0.482 e. The molecule has 1 atom stereocenters. The van der Waals surface area contributed by atoms with Crippen LogP contribution in [0, 0.1) is 5.82 Å². The number of pyridine rings is 2. The highest BCUT2D eigenvalue weighted by atomic mass is 35.5. The van der Waals surface area contributed by atoms with Gasteiger partial charge in [-0.15, -0.1) is 0 Å². The molecule has 0 bridgehead atoms. The molecule has 32 heavy (non-hydrogen) atoms. The van der Waals surface area contributed by atoms with Crippen molar-refractivity contribution in [2.24, 2.45) is 0 Å². The molecule has 1 aromatic carbocycles. The van der Waals surface area contributed by atoms with Crippen LogP contribution in [0.2, 0.25) is 10.0 Å². The first-order valence-corrected chi connectivity index (χ1v) is 10.4. The summed E-state index contributed by atoms with van der Waals surface area (Å²) in [5.41, 5.74) is 6.93. The summed E-state index contributed by atoms with van der Waals surface area (Å²) >= 11 is 12.2. The van der Waals surface area contributed by atoms with Crippen molar-refractivity contribution in [1.82, 2.24) is 9.55 Å². The Morgan fingerprint density at radius 1 is 1.25 bits per heavy atom. The van der Waals surface area contributed by atoms with Gasteiger partial charge in [0.15, 0.2) is 11.6 Å². The van der Waals surface area contributed by atoms with Gasteiger partial charge in [0, 0.05) is 34.6 Å². The van der Waals surface area contributed by atoms with Crippen molar-refractivity contribution in [3.05, 3.63) is 74.5 Å². The van der Waals surface area contributed by atoms with Crippen molar-refractivity contribution in [2.75, 3.05) is 12.3 Å². The van der Waals surface area contributed by atoms with Gasteiger partial charge in [0.05, 0.1) is 11.6 Å². The summed E-state index contributed by atoms with van der Waals surface area (Å²) in [5, 5.41) is 0.106. The fourth-order valence-electron chi connectivity index (χ4n) is 3.04. The molecule has 0 unspecified atom stereocenters. The zero-order valence-corrected chi connectivity index (χ0v) is 18.8. The molecule has 3 aromatic rings. The van der Waals surface area contributed by atoms with Gasteiger partial charge in [-0.05, 0) is 43.7 Å². The zero-order chi connectivity index (χ0) is 23.4. The number of hydrogen-bond donors (Lipinski definition) is 1. The second kappa shape index (κ2) is 10.0. The highest BCUT2D eigenvalue weighted by Gasteiger charge is 2.20. The zero-order valence-electron chi connectivity index (χ0n) is 17.3. The van der Waals surface area contributed by atoms with Crippen molar-refractivity contribution in [2.45, 2.75) is 26.5 Å². The van der Waals surface area contributed by atoms with Crippen LogP contribution in [-0.4, -0.2) is 22.1 Å². The molecule has 0 aliphatic heterocycles. The Kier molecular flexibility index (Phi) is 7.37. The highest BCUT2D eigenvalue weighted by Crippen LogP contribution is 2.36. The molecule has 7 nitrogen and oxygen atoms in total. The molecule has 0 aliphatic rings. The Labute approximate surface area is 193 Å². The van der Waals surface area contributed by atoms with E-state index in [2.05, 4.69) is 4.98 Å². The molecule has 0 saturated carbocycles. The van der Waals surface area contributed by atoms with Crippen molar-refractivity contribution in [1.29, 1.82) is 0 Å². The van der Waals surface area contributed by atoms with Gasteiger partial charge in [0.2, 0.25) is 0 Å². The van der Waals surface area contributed by atoms with Crippen molar-refractivity contribution in [3.8, 4) is 16.9 Å². The summed E-state index contributed by atoms with van der Waals surface area (Å²) in [6, 6.07) is 7.18. The highest BCUT2D eigenvalue weighted by molar-refractivity contribution is 6.36. The Hall–Kier alpha value is -3.10. The molecule has 0 spiro atoms. The monoisotopic (exact) mass is 479 g/mol. The molecule has 10 heteroatoms. The van der Waals surface area contributed by atoms with Crippen LogP contribution >= 0.6 is 23.2 Å². The third kappa shape index (κ3) is 5.20. The van der Waals surface area contributed by atoms with E-state index >= 15 is 0 Å². The fourth-order valence-corrected chi connectivity index (χ4v) is 3.71. The molecule has 0 saturated heterocycles. The second-order valence-electron chi connectivity index (χ2n) is 6.81. The number of nitrogen functional groups attached to an aromatic ring is 1. The maximum atomic E-state index is 13.9. The number of benzene rings is 1. The quantitative estimate of drug-likeness (QED) is 0.391. The number of nitrogens with zero attached hydrogens (tertiary/aromatic N) is 2. The summed E-state index contributed by atoms with van der Waals surface area (Å²) in [6.07, 6.45) is 2.24. The summed E-state index contributed by atoms with van der Waals surface area (Å²) in [4.78, 5) is 28.1. The maximum absolute atomic E-state index is 13.9. The van der Waals surface area contributed by atoms with Crippen molar-refractivity contribution in [3.63, 3.8) is 0 Å². The summed E-state index contributed by atoms with van der Waals surface area (Å²) < 4.78 is 25.8. The number of rotatable bonds is 7. The topological polar surface area (TPSA) is 96.4 Å². The van der Waals surface area contributed by atoms with E-state index in [4.69, 9.17) is 38.4 Å². The van der Waals surface area contributed by atoms with E-state index in [1.54, 1.807) is 26.0 Å². The summed E-state index contributed by atoms with van der Waals surface area (Å²) in [5.74, 6) is -0.817. The molecule has 0 amide bonds. The van der Waals surface area contributed by atoms with E-state index in [0.717, 1.165) is 0 Å². The number of halogens is 3. The average Bonchev–Trinajstić information content (AvgIpc) is 2.74. The van der Waals surface area contributed by atoms with Gasteiger partial charge in [0.25, 0.3) is 5.56 Å². The van der Waals surface area contributed by atoms with Crippen LogP contribution in [0.5, 0.6) is 5.75 Å². The van der Waals surface area contributed by atoms with Gasteiger partial charge < -0.3 is 19.8 Å². The lowest BCUT2D eigenvalue weighted by molar-refractivity contribution is -0.143. The van der Waals surface area contributed by atoms with E-state index in [1.165, 1.54) is 35.2 Å². The molecule has 0 radical (unpaired) electrons. The molecular weight excluding hydrogens is 460 g/mol. The minimum absolute atomic E-state index is 0.0971. The van der Waals surface area contributed by atoms with E-state index in [9.17, 15) is 14.0 Å². The van der Waals surface area contributed by atoms with Crippen LogP contribution in [0.4, 0.5) is 10.2 Å². The molecule has 168 valence electrons. The van der Waals surface area contributed by atoms with E-state index in [-0.39, 0.29) is 45.9 Å². The maximum Gasteiger partial charge on any atom is 0.326 e. The minimum atomic E-state index is -0.734. The van der Waals surface area contributed by atoms with Crippen LogP contribution in [0.25, 0.3) is 11.1 Å². The predicted octanol–water partition coefficient (Wildman–Crippen LogP) is 4.64. The molecule has 2 heterocycles. The first-order chi connectivity index (χ1) is 15.2. The van der Waals surface area contributed by atoms with Crippen LogP contribution in [0.3, 0.4) is 0 Å². The number of carbonyl (C=O) groups excluding carboxylic acids is 1. The van der Waals surface area contributed by atoms with E-state index in [0.29, 0.717) is 11.1 Å². The average molecular weight is 480 g/mol. The predicted molar refractivity (Wildman–Crippen MR) is 120 cm³/mol. The number of aromatic nitrogens is 2. The summed E-state index contributed by atoms with van der Waals surface area (Å²) in [7, 11) is 0. The Morgan fingerprint density at radius 3 is 2.69 bits per heavy atom. The normalized spacial score (nSPS) is 11.8. The molecule has 2 N–H and O–H groups in total. The number of carbonyl (C=O) groups is 1. The lowest BCUT2D eigenvalue weighted by atomic mass is 10.1. The third-order valence-corrected chi connectivity index (χ3v) is 5.32. The van der Waals surface area contributed by atoms with Crippen LogP contribution in [-0.2, 0) is 16.1 Å². The third-order valence-electron chi connectivity index (χ3n) is 4.61. The first kappa shape index (κ1) is 23.6. The lowest BCUT2D eigenvalue weighted by Gasteiger charge is -2.19. The number of hydrogen-bond acceptors (Lipinski definition) is 6. The van der Waals surface area contributed by atoms with Gasteiger partial charge in [-0.2, -0.15) is 0 Å². The van der Waals surface area contributed by atoms with Gasteiger partial charge >= 0.3 is 5.97 Å². The smallest absolute Gasteiger partial charge is 0.326 e. The Bertz CT molecular complexity index is 1220. The Morgan fingerprint density at radius 2 is 2.00 bits per heavy atom. The van der Waals surface area contributed by atoms with E-state index < -0.39 is 17.9 Å². The van der Waals surface area contributed by atoms with Gasteiger partial charge in [-0.1, -0.05) is 23.2 Å². The number of ether oxygens (including phenoxy) is 2. The van der Waals surface area contributed by atoms with Gasteiger partial charge in [-0.3, -0.25) is 9.59 Å². The first-order valence-electron chi connectivity index (χ1n) is 9.63. The standard InChI is InChI=1S/C22H20Cl2FN3O4/c1-3-31-19(30)11-28-7-6-13(9-18(28)29)14-8-17(22(26)27-10-14)32-12(2)20-15(23)4-5-16(25)21(20)24/h4-10,12H,3,11H2,1-2H3,(H2,26,27)/t12-/m1/s1. The molecule has 0 fully saturated rings. The second-order valence-corrected chi connectivity index (χ2v) is 7.60. The van der Waals surface area contributed by atoms with Crippen molar-refractivity contribution >= 4 is 35.0 Å². The van der Waals surface area contributed by atoms with Crippen LogP contribution in [0.1, 0.15) is 25.5 Å².